The third-order valence-corrected chi connectivity index (χ3v) is 9.22. The van der Waals surface area contributed by atoms with Gasteiger partial charge in [0.1, 0.15) is 0 Å². The van der Waals surface area contributed by atoms with Gasteiger partial charge in [0.05, 0.1) is 6.10 Å². The van der Waals surface area contributed by atoms with Crippen LogP contribution in [0.25, 0.3) is 0 Å². The van der Waals surface area contributed by atoms with Crippen LogP contribution in [0.3, 0.4) is 0 Å². The van der Waals surface area contributed by atoms with Gasteiger partial charge in [-0.1, -0.05) is 57.9 Å². The fourth-order valence-electron chi connectivity index (χ4n) is 3.89. The average Bonchev–Trinajstić information content (AvgIpc) is 2.29. The second kappa shape index (κ2) is 5.00. The predicted octanol–water partition coefficient (Wildman–Crippen LogP) is 5.03. The average molecular weight is 415 g/mol. The Hall–Kier alpha value is 0.950. The molecule has 0 aliphatic heterocycles. The van der Waals surface area contributed by atoms with Gasteiger partial charge in [-0.25, -0.2) is 0 Å². The second-order valence-corrected chi connectivity index (χ2v) is 10.4. The number of halogens is 3. The monoisotopic (exact) mass is 412 g/mol. The summed E-state index contributed by atoms with van der Waals surface area (Å²) in [4.78, 5) is 0.0917. The second-order valence-electron chi connectivity index (χ2n) is 7.03. The molecule has 0 heterocycles. The standard InChI is InChI=1S/C15H23Br2ClO/c1-9-7-10(19)12(16)13(2,3)15(9)6-5-14(4,17)11(18)8-15/h10-12,19H,1,5-8H2,2-4H3/t10-,11-,12-,14-,15+/m1/s1. The Labute approximate surface area is 138 Å². The van der Waals surface area contributed by atoms with Crippen molar-refractivity contribution >= 4 is 43.5 Å². The summed E-state index contributed by atoms with van der Waals surface area (Å²) in [5.41, 5.74) is 1.16. The van der Waals surface area contributed by atoms with Crippen LogP contribution in [-0.4, -0.2) is 25.7 Å². The van der Waals surface area contributed by atoms with E-state index in [2.05, 4.69) is 59.2 Å². The van der Waals surface area contributed by atoms with Crippen molar-refractivity contribution in [3.63, 3.8) is 0 Å². The molecule has 1 nitrogen and oxygen atoms in total. The first-order chi connectivity index (χ1) is 8.54. The fourth-order valence-corrected chi connectivity index (χ4v) is 5.25. The smallest absolute Gasteiger partial charge is 0.0707 e. The van der Waals surface area contributed by atoms with E-state index in [1.807, 2.05) is 0 Å². The van der Waals surface area contributed by atoms with E-state index in [1.165, 1.54) is 5.57 Å². The zero-order valence-electron chi connectivity index (χ0n) is 11.8. The van der Waals surface area contributed by atoms with Crippen LogP contribution in [0, 0.1) is 10.8 Å². The van der Waals surface area contributed by atoms with E-state index in [9.17, 15) is 5.11 Å². The molecular formula is C15H23Br2ClO. The number of hydrogen-bond donors (Lipinski definition) is 1. The van der Waals surface area contributed by atoms with Crippen molar-refractivity contribution in [3.05, 3.63) is 12.2 Å². The topological polar surface area (TPSA) is 20.2 Å². The Kier molecular flexibility index (Phi) is 4.29. The van der Waals surface area contributed by atoms with E-state index >= 15 is 0 Å². The fraction of sp³-hybridized carbons (Fsp3) is 0.867. The van der Waals surface area contributed by atoms with Gasteiger partial charge < -0.3 is 5.11 Å². The molecular weight excluding hydrogens is 391 g/mol. The number of alkyl halides is 3. The quantitative estimate of drug-likeness (QED) is 0.435. The highest BCUT2D eigenvalue weighted by Gasteiger charge is 2.59. The number of rotatable bonds is 0. The Morgan fingerprint density at radius 3 is 2.42 bits per heavy atom. The van der Waals surface area contributed by atoms with E-state index in [0.29, 0.717) is 6.42 Å². The maximum absolute atomic E-state index is 10.2. The minimum atomic E-state index is -0.348. The Morgan fingerprint density at radius 1 is 1.32 bits per heavy atom. The highest BCUT2D eigenvalue weighted by Crippen LogP contribution is 2.64. The summed E-state index contributed by atoms with van der Waals surface area (Å²) < 4.78 is 0.00797. The summed E-state index contributed by atoms with van der Waals surface area (Å²) in [6, 6.07) is 0. The highest BCUT2D eigenvalue weighted by atomic mass is 79.9. The molecule has 2 rings (SSSR count). The number of aliphatic hydroxyl groups is 1. The van der Waals surface area contributed by atoms with Crippen LogP contribution in [0.15, 0.2) is 12.2 Å². The zero-order valence-corrected chi connectivity index (χ0v) is 15.8. The van der Waals surface area contributed by atoms with Gasteiger partial charge in [0.15, 0.2) is 0 Å². The summed E-state index contributed by atoms with van der Waals surface area (Å²) in [5.74, 6) is 0. The number of hydrogen-bond acceptors (Lipinski definition) is 1. The molecule has 0 aromatic heterocycles. The molecule has 0 aromatic rings. The van der Waals surface area contributed by atoms with Gasteiger partial charge in [0.25, 0.3) is 0 Å². The lowest BCUT2D eigenvalue weighted by atomic mass is 9.49. The summed E-state index contributed by atoms with van der Waals surface area (Å²) in [6.07, 6.45) is 3.39. The van der Waals surface area contributed by atoms with Crippen molar-refractivity contribution in [2.75, 3.05) is 0 Å². The molecule has 0 unspecified atom stereocenters. The molecule has 2 aliphatic carbocycles. The minimum absolute atomic E-state index is 0.00797. The van der Waals surface area contributed by atoms with Gasteiger partial charge >= 0.3 is 0 Å². The number of aliphatic hydroxyl groups excluding tert-OH is 1. The third kappa shape index (κ3) is 2.37. The van der Waals surface area contributed by atoms with E-state index < -0.39 is 0 Å². The summed E-state index contributed by atoms with van der Waals surface area (Å²) >= 11 is 14.1. The molecule has 0 aromatic carbocycles. The summed E-state index contributed by atoms with van der Waals surface area (Å²) in [7, 11) is 0. The minimum Gasteiger partial charge on any atom is -0.392 e. The molecule has 0 saturated heterocycles. The molecule has 2 aliphatic rings. The molecule has 110 valence electrons. The molecule has 2 fully saturated rings. The van der Waals surface area contributed by atoms with Crippen molar-refractivity contribution < 1.29 is 5.11 Å². The first-order valence-electron chi connectivity index (χ1n) is 6.88. The van der Waals surface area contributed by atoms with Crippen LogP contribution in [0.5, 0.6) is 0 Å². The molecule has 4 heteroatoms. The molecule has 0 bridgehead atoms. The summed E-state index contributed by atoms with van der Waals surface area (Å²) in [6.45, 7) is 10.9. The summed E-state index contributed by atoms with van der Waals surface area (Å²) in [5, 5.41) is 10.3. The predicted molar refractivity (Wildman–Crippen MR) is 89.5 cm³/mol. The van der Waals surface area contributed by atoms with Gasteiger partial charge in [0, 0.05) is 14.5 Å². The highest BCUT2D eigenvalue weighted by molar-refractivity contribution is 9.10. The van der Waals surface area contributed by atoms with Crippen LogP contribution in [-0.2, 0) is 0 Å². The van der Waals surface area contributed by atoms with E-state index in [-0.39, 0.29) is 31.5 Å². The van der Waals surface area contributed by atoms with Crippen molar-refractivity contribution in [3.8, 4) is 0 Å². The molecule has 19 heavy (non-hydrogen) atoms. The molecule has 5 atom stereocenters. The molecule has 1 spiro atoms. The van der Waals surface area contributed by atoms with Crippen molar-refractivity contribution in [1.82, 2.24) is 0 Å². The van der Waals surface area contributed by atoms with Crippen molar-refractivity contribution in [1.29, 1.82) is 0 Å². The zero-order chi connectivity index (χ0) is 14.6. The van der Waals surface area contributed by atoms with Gasteiger partial charge in [-0.3, -0.25) is 0 Å². The van der Waals surface area contributed by atoms with Crippen molar-refractivity contribution in [2.45, 2.75) is 67.1 Å². The molecule has 2 saturated carbocycles. The normalized spacial score (nSPS) is 50.5. The van der Waals surface area contributed by atoms with Gasteiger partial charge in [-0.15, -0.1) is 11.6 Å². The molecule has 0 radical (unpaired) electrons. The molecule has 0 amide bonds. The Morgan fingerprint density at radius 2 is 1.89 bits per heavy atom. The van der Waals surface area contributed by atoms with Crippen LogP contribution in [0.1, 0.15) is 46.5 Å². The van der Waals surface area contributed by atoms with Gasteiger partial charge in [-0.05, 0) is 43.4 Å². The largest absolute Gasteiger partial charge is 0.392 e. The third-order valence-electron chi connectivity index (χ3n) is 5.61. The van der Waals surface area contributed by atoms with Crippen LogP contribution >= 0.6 is 43.5 Å². The lowest BCUT2D eigenvalue weighted by Crippen LogP contribution is -2.58. The first-order valence-corrected chi connectivity index (χ1v) is 9.02. The van der Waals surface area contributed by atoms with Gasteiger partial charge in [0.2, 0.25) is 0 Å². The SMILES string of the molecule is C=C1C[C@@H](O)[C@@H](Br)C(C)(C)[C@]12CC[C@@](C)(Br)[C@H](Cl)C2. The lowest BCUT2D eigenvalue weighted by Gasteiger charge is -2.60. The van der Waals surface area contributed by atoms with E-state index in [1.54, 1.807) is 0 Å². The lowest BCUT2D eigenvalue weighted by molar-refractivity contribution is -0.0175. The Balaban J connectivity index is 2.39. The molecule has 1 N–H and O–H groups in total. The van der Waals surface area contributed by atoms with Crippen LogP contribution in [0.4, 0.5) is 0 Å². The van der Waals surface area contributed by atoms with E-state index in [4.69, 9.17) is 11.6 Å². The maximum atomic E-state index is 10.2. The van der Waals surface area contributed by atoms with E-state index in [0.717, 1.165) is 19.3 Å². The maximum Gasteiger partial charge on any atom is 0.0707 e. The van der Waals surface area contributed by atoms with Crippen molar-refractivity contribution in [2.24, 2.45) is 10.8 Å². The van der Waals surface area contributed by atoms with Gasteiger partial charge in [-0.2, -0.15) is 0 Å². The van der Waals surface area contributed by atoms with Crippen LogP contribution in [0.2, 0.25) is 0 Å². The first kappa shape index (κ1) is 16.3. The Bertz CT molecular complexity index is 394. The van der Waals surface area contributed by atoms with Crippen LogP contribution < -0.4 is 0 Å².